The molecule has 1 fully saturated rings. The molecule has 0 unspecified atom stereocenters. The maximum atomic E-state index is 2.63. The number of fused-ring (bicyclic) bond motifs is 1. The molecule has 0 radical (unpaired) electrons. The summed E-state index contributed by atoms with van der Waals surface area (Å²) in [5.74, 6) is 1.01. The van der Waals surface area contributed by atoms with Crippen LogP contribution < -0.4 is 4.90 Å². The van der Waals surface area contributed by atoms with Crippen LogP contribution in [0.1, 0.15) is 50.5 Å². The predicted molar refractivity (Wildman–Crippen MR) is 78.2 cm³/mol. The van der Waals surface area contributed by atoms with Crippen molar-refractivity contribution in [3.63, 3.8) is 0 Å². The highest BCUT2D eigenvalue weighted by atomic mass is 15.1. The number of aryl methyl sites for hydroxylation is 1. The van der Waals surface area contributed by atoms with Gasteiger partial charge < -0.3 is 4.90 Å². The zero-order valence-electron chi connectivity index (χ0n) is 11.4. The third-order valence-electron chi connectivity index (χ3n) is 4.74. The van der Waals surface area contributed by atoms with Crippen LogP contribution in [0.15, 0.2) is 24.3 Å². The Hall–Kier alpha value is -0.980. The fourth-order valence-electron chi connectivity index (χ4n) is 3.66. The highest BCUT2D eigenvalue weighted by molar-refractivity contribution is 5.55. The zero-order chi connectivity index (χ0) is 12.2. The lowest BCUT2D eigenvalue weighted by atomic mass is 9.86. The zero-order valence-corrected chi connectivity index (χ0v) is 11.4. The van der Waals surface area contributed by atoms with Crippen LogP contribution in [0.2, 0.25) is 0 Å². The van der Waals surface area contributed by atoms with Gasteiger partial charge in [-0.15, -0.1) is 0 Å². The third kappa shape index (κ3) is 2.71. The van der Waals surface area contributed by atoms with E-state index in [2.05, 4.69) is 29.2 Å². The molecule has 1 saturated carbocycles. The van der Waals surface area contributed by atoms with Crippen LogP contribution in [0, 0.1) is 5.92 Å². The molecule has 0 bridgehead atoms. The minimum Gasteiger partial charge on any atom is -0.371 e. The molecule has 0 atom stereocenters. The molecule has 3 rings (SSSR count). The van der Waals surface area contributed by atoms with E-state index >= 15 is 0 Å². The second-order valence-corrected chi connectivity index (χ2v) is 6.01. The monoisotopic (exact) mass is 243 g/mol. The van der Waals surface area contributed by atoms with Crippen LogP contribution >= 0.6 is 0 Å². The Kier molecular flexibility index (Phi) is 3.87. The first-order valence-corrected chi connectivity index (χ1v) is 7.76. The van der Waals surface area contributed by atoms with Crippen molar-refractivity contribution in [1.29, 1.82) is 0 Å². The average Bonchev–Trinajstić information content (AvgIpc) is 2.46. The van der Waals surface area contributed by atoms with Gasteiger partial charge >= 0.3 is 0 Å². The van der Waals surface area contributed by atoms with E-state index in [1.807, 2.05) is 0 Å². The van der Waals surface area contributed by atoms with Gasteiger partial charge in [0.05, 0.1) is 0 Å². The Labute approximate surface area is 111 Å². The molecule has 1 aliphatic carbocycles. The van der Waals surface area contributed by atoms with Crippen molar-refractivity contribution in [1.82, 2.24) is 0 Å². The Bertz CT molecular complexity index is 379. The molecule has 0 spiro atoms. The average molecular weight is 243 g/mol. The molecular weight excluding hydrogens is 218 g/mol. The van der Waals surface area contributed by atoms with Gasteiger partial charge in [-0.1, -0.05) is 50.3 Å². The number of hydrogen-bond acceptors (Lipinski definition) is 1. The SMILES string of the molecule is c1ccc2c(c1)CCCN2CCC1CCCCC1. The molecule has 0 amide bonds. The van der Waals surface area contributed by atoms with E-state index < -0.39 is 0 Å². The molecule has 1 aromatic carbocycles. The number of hydrogen-bond donors (Lipinski definition) is 0. The van der Waals surface area contributed by atoms with E-state index in [-0.39, 0.29) is 0 Å². The van der Waals surface area contributed by atoms with E-state index in [0.717, 1.165) is 5.92 Å². The fraction of sp³-hybridized carbons (Fsp3) is 0.647. The summed E-state index contributed by atoms with van der Waals surface area (Å²) < 4.78 is 0. The van der Waals surface area contributed by atoms with Crippen molar-refractivity contribution < 1.29 is 0 Å². The normalized spacial score (nSPS) is 20.8. The van der Waals surface area contributed by atoms with Gasteiger partial charge in [0.2, 0.25) is 0 Å². The van der Waals surface area contributed by atoms with E-state index in [1.165, 1.54) is 70.1 Å². The Morgan fingerprint density at radius 1 is 1.00 bits per heavy atom. The molecule has 2 aliphatic rings. The summed E-state index contributed by atoms with van der Waals surface area (Å²) >= 11 is 0. The van der Waals surface area contributed by atoms with Gasteiger partial charge in [0.15, 0.2) is 0 Å². The van der Waals surface area contributed by atoms with Crippen molar-refractivity contribution in [3.8, 4) is 0 Å². The molecule has 0 N–H and O–H groups in total. The summed E-state index contributed by atoms with van der Waals surface area (Å²) in [6.07, 6.45) is 11.4. The lowest BCUT2D eigenvalue weighted by Gasteiger charge is -2.33. The summed E-state index contributed by atoms with van der Waals surface area (Å²) in [6.45, 7) is 2.55. The third-order valence-corrected chi connectivity index (χ3v) is 4.74. The fourth-order valence-corrected chi connectivity index (χ4v) is 3.66. The van der Waals surface area contributed by atoms with Gasteiger partial charge in [-0.25, -0.2) is 0 Å². The maximum Gasteiger partial charge on any atom is 0.0398 e. The molecule has 1 heteroatoms. The number of para-hydroxylation sites is 1. The largest absolute Gasteiger partial charge is 0.371 e. The van der Waals surface area contributed by atoms with Crippen molar-refractivity contribution >= 4 is 5.69 Å². The van der Waals surface area contributed by atoms with Crippen LogP contribution in [-0.4, -0.2) is 13.1 Å². The second-order valence-electron chi connectivity index (χ2n) is 6.01. The molecule has 0 saturated heterocycles. The quantitative estimate of drug-likeness (QED) is 0.760. The molecule has 1 aliphatic heterocycles. The second kappa shape index (κ2) is 5.77. The summed E-state index contributed by atoms with van der Waals surface area (Å²) in [7, 11) is 0. The van der Waals surface area contributed by atoms with Gasteiger partial charge in [0.1, 0.15) is 0 Å². The first kappa shape index (κ1) is 12.1. The summed E-state index contributed by atoms with van der Waals surface area (Å²) in [5.41, 5.74) is 3.08. The minimum atomic E-state index is 1.01. The van der Waals surface area contributed by atoms with E-state index in [1.54, 1.807) is 5.56 Å². The predicted octanol–water partition coefficient (Wildman–Crippen LogP) is 4.41. The van der Waals surface area contributed by atoms with Crippen molar-refractivity contribution in [2.24, 2.45) is 5.92 Å². The van der Waals surface area contributed by atoms with Crippen molar-refractivity contribution in [2.45, 2.75) is 51.4 Å². The Morgan fingerprint density at radius 3 is 2.72 bits per heavy atom. The lowest BCUT2D eigenvalue weighted by molar-refractivity contribution is 0.339. The van der Waals surface area contributed by atoms with Gasteiger partial charge in [-0.3, -0.25) is 0 Å². The van der Waals surface area contributed by atoms with E-state index in [0.29, 0.717) is 0 Å². The molecule has 1 heterocycles. The number of anilines is 1. The van der Waals surface area contributed by atoms with Crippen LogP contribution in [-0.2, 0) is 6.42 Å². The lowest BCUT2D eigenvalue weighted by Crippen LogP contribution is -2.31. The van der Waals surface area contributed by atoms with Gasteiger partial charge in [0.25, 0.3) is 0 Å². The highest BCUT2D eigenvalue weighted by Gasteiger charge is 2.18. The minimum absolute atomic E-state index is 1.01. The Balaban J connectivity index is 1.60. The molecular formula is C17H25N. The summed E-state index contributed by atoms with van der Waals surface area (Å²) in [4.78, 5) is 2.63. The first-order valence-electron chi connectivity index (χ1n) is 7.76. The molecule has 1 nitrogen and oxygen atoms in total. The standard InChI is InChI=1S/C17H25N/c1-2-7-15(8-3-1)12-14-18-13-6-10-16-9-4-5-11-17(16)18/h4-5,9,11,15H,1-3,6-8,10,12-14H2. The summed E-state index contributed by atoms with van der Waals surface area (Å²) in [5, 5.41) is 0. The summed E-state index contributed by atoms with van der Waals surface area (Å²) in [6, 6.07) is 9.00. The van der Waals surface area contributed by atoms with Crippen LogP contribution in [0.5, 0.6) is 0 Å². The van der Waals surface area contributed by atoms with Crippen molar-refractivity contribution in [2.75, 3.05) is 18.0 Å². The maximum absolute atomic E-state index is 2.63. The van der Waals surface area contributed by atoms with Crippen LogP contribution in [0.3, 0.4) is 0 Å². The highest BCUT2D eigenvalue weighted by Crippen LogP contribution is 2.30. The number of benzene rings is 1. The van der Waals surface area contributed by atoms with Crippen LogP contribution in [0.4, 0.5) is 5.69 Å². The molecule has 18 heavy (non-hydrogen) atoms. The molecule has 98 valence electrons. The first-order chi connectivity index (χ1) is 8.93. The smallest absolute Gasteiger partial charge is 0.0398 e. The molecule has 1 aromatic rings. The van der Waals surface area contributed by atoms with E-state index in [4.69, 9.17) is 0 Å². The van der Waals surface area contributed by atoms with Gasteiger partial charge in [-0.2, -0.15) is 0 Å². The van der Waals surface area contributed by atoms with Gasteiger partial charge in [-0.05, 0) is 36.8 Å². The van der Waals surface area contributed by atoms with Crippen molar-refractivity contribution in [3.05, 3.63) is 29.8 Å². The van der Waals surface area contributed by atoms with Gasteiger partial charge in [0, 0.05) is 18.8 Å². The topological polar surface area (TPSA) is 3.24 Å². The number of nitrogens with zero attached hydrogens (tertiary/aromatic N) is 1. The Morgan fingerprint density at radius 2 is 1.83 bits per heavy atom. The number of rotatable bonds is 3. The molecule has 0 aromatic heterocycles. The van der Waals surface area contributed by atoms with E-state index in [9.17, 15) is 0 Å². The van der Waals surface area contributed by atoms with Crippen LogP contribution in [0.25, 0.3) is 0 Å².